The van der Waals surface area contributed by atoms with Crippen LogP contribution in [-0.2, 0) is 19.5 Å². The number of nitrogens with zero attached hydrogens (tertiary/aromatic N) is 1. The fourth-order valence-corrected chi connectivity index (χ4v) is 5.42. The molecule has 3 rings (SSSR count). The molecule has 0 amide bonds. The second-order valence-electron chi connectivity index (χ2n) is 7.90. The Morgan fingerprint density at radius 2 is 1.79 bits per heavy atom. The van der Waals surface area contributed by atoms with E-state index in [1.54, 1.807) is 20.8 Å². The largest absolute Gasteiger partial charge is 0.462 e. The maximum atomic E-state index is 12.9. The third-order valence-corrected chi connectivity index (χ3v) is 7.48. The number of carbonyl (C=O) groups excluding carboxylic acids is 3. The van der Waals surface area contributed by atoms with E-state index in [-0.39, 0.29) is 28.3 Å². The number of aromatic amines is 1. The first-order valence-electron chi connectivity index (χ1n) is 10.8. The Hall–Kier alpha value is -2.98. The summed E-state index contributed by atoms with van der Waals surface area (Å²) >= 11 is 0. The standard InChI is InChI=1S/C23H28N2O7S/c1-5-31-23(28)19-14(2)20(24-15(19)3)21(26)16(4)32-22(27)17-9-8-10-18(13-17)33(29,30)25-11-6-7-12-25/h8-10,13,16,24H,5-7,11-12H2,1-4H3/t16-/m0/s1. The first-order chi connectivity index (χ1) is 15.6. The maximum Gasteiger partial charge on any atom is 0.340 e. The summed E-state index contributed by atoms with van der Waals surface area (Å²) in [5, 5.41) is 0. The third kappa shape index (κ3) is 5.01. The molecule has 1 atom stereocenters. The maximum absolute atomic E-state index is 12.9. The number of sulfonamides is 1. The molecule has 178 valence electrons. The SMILES string of the molecule is CCOC(=O)c1c(C)[nH]c(C(=O)[C@H](C)OC(=O)c2cccc(S(=O)(=O)N3CCCC3)c2)c1C. The quantitative estimate of drug-likeness (QED) is 0.459. The van der Waals surface area contributed by atoms with Gasteiger partial charge in [0.1, 0.15) is 0 Å². The molecule has 0 bridgehead atoms. The van der Waals surface area contributed by atoms with E-state index in [1.807, 2.05) is 0 Å². The number of hydrogen-bond acceptors (Lipinski definition) is 7. The molecule has 2 aromatic rings. The van der Waals surface area contributed by atoms with Gasteiger partial charge in [-0.25, -0.2) is 18.0 Å². The molecule has 0 spiro atoms. The number of esters is 2. The van der Waals surface area contributed by atoms with Gasteiger partial charge in [0.05, 0.1) is 28.3 Å². The zero-order valence-corrected chi connectivity index (χ0v) is 20.0. The average molecular weight is 477 g/mol. The molecule has 1 aliphatic heterocycles. The fraction of sp³-hybridized carbons (Fsp3) is 0.435. The summed E-state index contributed by atoms with van der Waals surface area (Å²) in [6.45, 7) is 7.48. The molecule has 0 radical (unpaired) electrons. The zero-order chi connectivity index (χ0) is 24.3. The highest BCUT2D eigenvalue weighted by atomic mass is 32.2. The summed E-state index contributed by atoms with van der Waals surface area (Å²) in [6.07, 6.45) is 0.440. The van der Waals surface area contributed by atoms with Crippen LogP contribution in [0.4, 0.5) is 0 Å². The highest BCUT2D eigenvalue weighted by molar-refractivity contribution is 7.89. The second-order valence-corrected chi connectivity index (χ2v) is 9.83. The summed E-state index contributed by atoms with van der Waals surface area (Å²) < 4.78 is 37.3. The van der Waals surface area contributed by atoms with E-state index < -0.39 is 33.8 Å². The fourth-order valence-electron chi connectivity index (χ4n) is 3.85. The van der Waals surface area contributed by atoms with E-state index in [4.69, 9.17) is 9.47 Å². The van der Waals surface area contributed by atoms with Gasteiger partial charge in [-0.1, -0.05) is 6.07 Å². The molecule has 1 N–H and O–H groups in total. The average Bonchev–Trinajstić information content (AvgIpc) is 3.42. The van der Waals surface area contributed by atoms with Gasteiger partial charge in [0.15, 0.2) is 6.10 Å². The molecule has 1 saturated heterocycles. The molecule has 1 aromatic heterocycles. The molecule has 1 fully saturated rings. The molecule has 9 nitrogen and oxygen atoms in total. The van der Waals surface area contributed by atoms with Crippen molar-refractivity contribution in [3.05, 3.63) is 52.3 Å². The van der Waals surface area contributed by atoms with Crippen LogP contribution in [-0.4, -0.2) is 61.2 Å². The predicted molar refractivity (Wildman–Crippen MR) is 120 cm³/mol. The molecule has 1 aliphatic rings. The number of nitrogens with one attached hydrogen (secondary N) is 1. The van der Waals surface area contributed by atoms with Crippen molar-refractivity contribution in [2.45, 2.75) is 51.5 Å². The van der Waals surface area contributed by atoms with Crippen LogP contribution in [0.2, 0.25) is 0 Å². The first kappa shape index (κ1) is 24.7. The van der Waals surface area contributed by atoms with Gasteiger partial charge < -0.3 is 14.5 Å². The van der Waals surface area contributed by atoms with E-state index in [0.29, 0.717) is 24.3 Å². The van der Waals surface area contributed by atoms with Crippen LogP contribution < -0.4 is 0 Å². The Morgan fingerprint density at radius 3 is 2.42 bits per heavy atom. The second kappa shape index (κ2) is 9.88. The first-order valence-corrected chi connectivity index (χ1v) is 12.2. The van der Waals surface area contributed by atoms with Crippen molar-refractivity contribution in [1.29, 1.82) is 0 Å². The van der Waals surface area contributed by atoms with Crippen LogP contribution in [0.15, 0.2) is 29.2 Å². The Bertz CT molecular complexity index is 1180. The number of carbonyl (C=O) groups is 3. The number of Topliss-reactive ketones (excluding diaryl/α,β-unsaturated/α-hetero) is 1. The van der Waals surface area contributed by atoms with Gasteiger partial charge in [-0.05, 0) is 64.3 Å². The van der Waals surface area contributed by atoms with E-state index in [2.05, 4.69) is 4.98 Å². The van der Waals surface area contributed by atoms with Crippen molar-refractivity contribution in [3.63, 3.8) is 0 Å². The van der Waals surface area contributed by atoms with Gasteiger partial charge in [-0.2, -0.15) is 4.31 Å². The molecule has 0 saturated carbocycles. The molecular formula is C23H28N2O7S. The lowest BCUT2D eigenvalue weighted by atomic mass is 10.1. The van der Waals surface area contributed by atoms with Crippen molar-refractivity contribution >= 4 is 27.7 Å². The van der Waals surface area contributed by atoms with Gasteiger partial charge in [-0.3, -0.25) is 4.79 Å². The highest BCUT2D eigenvalue weighted by Gasteiger charge is 2.30. The summed E-state index contributed by atoms with van der Waals surface area (Å²) in [6, 6.07) is 5.60. The van der Waals surface area contributed by atoms with Gasteiger partial charge in [0.25, 0.3) is 0 Å². The van der Waals surface area contributed by atoms with Crippen molar-refractivity contribution in [2.75, 3.05) is 19.7 Å². The molecule has 0 unspecified atom stereocenters. The number of rotatable bonds is 8. The third-order valence-electron chi connectivity index (χ3n) is 5.59. The minimum Gasteiger partial charge on any atom is -0.462 e. The van der Waals surface area contributed by atoms with Crippen LogP contribution in [0.5, 0.6) is 0 Å². The molecule has 0 aliphatic carbocycles. The number of H-pyrrole nitrogens is 1. The van der Waals surface area contributed by atoms with Crippen molar-refractivity contribution in [1.82, 2.24) is 9.29 Å². The predicted octanol–water partition coefficient (Wildman–Crippen LogP) is 3.02. The van der Waals surface area contributed by atoms with Crippen LogP contribution in [0.25, 0.3) is 0 Å². The molecule has 10 heteroatoms. The summed E-state index contributed by atoms with van der Waals surface area (Å²) in [5.41, 5.74) is 1.35. The Morgan fingerprint density at radius 1 is 1.12 bits per heavy atom. The molecule has 1 aromatic carbocycles. The molecular weight excluding hydrogens is 448 g/mol. The molecule has 33 heavy (non-hydrogen) atoms. The number of ether oxygens (including phenoxy) is 2. The van der Waals surface area contributed by atoms with Gasteiger partial charge in [-0.15, -0.1) is 0 Å². The van der Waals surface area contributed by atoms with Crippen LogP contribution in [0.3, 0.4) is 0 Å². The van der Waals surface area contributed by atoms with Gasteiger partial charge in [0, 0.05) is 18.8 Å². The number of benzene rings is 1. The minimum absolute atomic E-state index is 0.00717. The minimum atomic E-state index is -3.69. The number of aromatic nitrogens is 1. The normalized spacial score (nSPS) is 15.3. The zero-order valence-electron chi connectivity index (χ0n) is 19.1. The molecule has 2 heterocycles. The Labute approximate surface area is 193 Å². The number of ketones is 1. The Kier molecular flexibility index (Phi) is 7.38. The van der Waals surface area contributed by atoms with E-state index in [9.17, 15) is 22.8 Å². The Balaban J connectivity index is 1.77. The number of hydrogen-bond donors (Lipinski definition) is 1. The summed E-state index contributed by atoms with van der Waals surface area (Å²) in [4.78, 5) is 40.6. The van der Waals surface area contributed by atoms with Crippen LogP contribution in [0.1, 0.15) is 69.2 Å². The van der Waals surface area contributed by atoms with E-state index in [1.165, 1.54) is 35.5 Å². The van der Waals surface area contributed by atoms with E-state index >= 15 is 0 Å². The lowest BCUT2D eigenvalue weighted by Gasteiger charge is -2.16. The smallest absolute Gasteiger partial charge is 0.340 e. The van der Waals surface area contributed by atoms with Gasteiger partial charge >= 0.3 is 11.9 Å². The lowest BCUT2D eigenvalue weighted by molar-refractivity contribution is 0.0316. The van der Waals surface area contributed by atoms with E-state index in [0.717, 1.165) is 12.8 Å². The van der Waals surface area contributed by atoms with Crippen molar-refractivity contribution < 1.29 is 32.3 Å². The summed E-state index contributed by atoms with van der Waals surface area (Å²) in [5.74, 6) is -1.87. The summed E-state index contributed by atoms with van der Waals surface area (Å²) in [7, 11) is -3.69. The van der Waals surface area contributed by atoms with Gasteiger partial charge in [0.2, 0.25) is 15.8 Å². The van der Waals surface area contributed by atoms with Crippen molar-refractivity contribution in [3.8, 4) is 0 Å². The topological polar surface area (TPSA) is 123 Å². The van der Waals surface area contributed by atoms with Crippen LogP contribution >= 0.6 is 0 Å². The van der Waals surface area contributed by atoms with Crippen molar-refractivity contribution in [2.24, 2.45) is 0 Å². The lowest BCUT2D eigenvalue weighted by Crippen LogP contribution is -2.28. The highest BCUT2D eigenvalue weighted by Crippen LogP contribution is 2.23. The number of aryl methyl sites for hydroxylation is 1. The van der Waals surface area contributed by atoms with Crippen LogP contribution in [0, 0.1) is 13.8 Å². The monoisotopic (exact) mass is 476 g/mol.